The number of rotatable bonds is 3. The second kappa shape index (κ2) is 9.18. The SMILES string of the molecule is CC#C[C@]1(O)CC[C@H]2[C@@H]3CCC4=C/C(=N/CNC(N)=S)CCC4=C3[C@@H](c3ccc4c(c3)OCO4)C[C@@]21C. The highest BCUT2D eigenvalue weighted by atomic mass is 32.1. The van der Waals surface area contributed by atoms with E-state index < -0.39 is 5.60 Å². The van der Waals surface area contributed by atoms with Gasteiger partial charge in [-0.15, -0.1) is 5.92 Å². The fraction of sp³-hybridized carbons (Fsp3) is 0.533. The number of nitrogens with one attached hydrogen (secondary N) is 1. The normalized spacial score (nSPS) is 34.6. The van der Waals surface area contributed by atoms with Crippen molar-refractivity contribution in [2.75, 3.05) is 13.5 Å². The van der Waals surface area contributed by atoms with E-state index in [-0.39, 0.29) is 23.2 Å². The summed E-state index contributed by atoms with van der Waals surface area (Å²) in [4.78, 5) is 4.70. The lowest BCUT2D eigenvalue weighted by Crippen LogP contribution is -2.51. The Kier molecular flexibility index (Phi) is 6.08. The van der Waals surface area contributed by atoms with Crippen LogP contribution in [0.3, 0.4) is 0 Å². The molecule has 0 aromatic heterocycles. The third-order valence-electron chi connectivity index (χ3n) is 9.57. The molecule has 5 aliphatic rings. The van der Waals surface area contributed by atoms with Gasteiger partial charge in [0.25, 0.3) is 0 Å². The predicted molar refractivity (Wildman–Crippen MR) is 148 cm³/mol. The maximum atomic E-state index is 11.9. The van der Waals surface area contributed by atoms with E-state index in [0.717, 1.165) is 62.2 Å². The molecule has 2 fully saturated rings. The maximum Gasteiger partial charge on any atom is 0.231 e. The van der Waals surface area contributed by atoms with E-state index in [1.807, 2.05) is 13.0 Å². The summed E-state index contributed by atoms with van der Waals surface area (Å²) < 4.78 is 11.4. The number of nitrogens with zero attached hydrogens (tertiary/aromatic N) is 1. The Bertz CT molecular complexity index is 1300. The maximum absolute atomic E-state index is 11.9. The Morgan fingerprint density at radius 3 is 2.89 bits per heavy atom. The third-order valence-corrected chi connectivity index (χ3v) is 9.71. The van der Waals surface area contributed by atoms with Crippen LogP contribution in [0, 0.1) is 29.1 Å². The molecule has 4 N–H and O–H groups in total. The molecule has 6 nitrogen and oxygen atoms in total. The number of allylic oxidation sites excluding steroid dienone is 4. The van der Waals surface area contributed by atoms with Gasteiger partial charge >= 0.3 is 0 Å². The molecule has 0 radical (unpaired) electrons. The Morgan fingerprint density at radius 2 is 2.08 bits per heavy atom. The second-order valence-electron chi connectivity index (χ2n) is 11.3. The van der Waals surface area contributed by atoms with Crippen molar-refractivity contribution >= 4 is 23.0 Å². The van der Waals surface area contributed by atoms with Crippen molar-refractivity contribution in [1.82, 2.24) is 5.32 Å². The Labute approximate surface area is 224 Å². The van der Waals surface area contributed by atoms with Crippen LogP contribution in [0.4, 0.5) is 0 Å². The van der Waals surface area contributed by atoms with Crippen LogP contribution in [0.25, 0.3) is 0 Å². The first-order chi connectivity index (χ1) is 17.8. The minimum absolute atomic E-state index is 0.206. The summed E-state index contributed by atoms with van der Waals surface area (Å²) in [5, 5.41) is 15.1. The van der Waals surface area contributed by atoms with Gasteiger partial charge in [-0.3, -0.25) is 4.99 Å². The van der Waals surface area contributed by atoms with Gasteiger partial charge in [0.1, 0.15) is 12.3 Å². The van der Waals surface area contributed by atoms with E-state index in [0.29, 0.717) is 18.5 Å². The van der Waals surface area contributed by atoms with Crippen molar-refractivity contribution in [3.63, 3.8) is 0 Å². The Balaban J connectivity index is 1.45. The monoisotopic (exact) mass is 517 g/mol. The summed E-state index contributed by atoms with van der Waals surface area (Å²) in [6.07, 6.45) is 8.99. The molecule has 1 aromatic carbocycles. The topological polar surface area (TPSA) is 89.1 Å². The number of fused-ring (bicyclic) bond motifs is 5. The smallest absolute Gasteiger partial charge is 0.231 e. The van der Waals surface area contributed by atoms with Crippen LogP contribution in [0.2, 0.25) is 0 Å². The lowest BCUT2D eigenvalue weighted by molar-refractivity contribution is -0.0513. The fourth-order valence-electron chi connectivity index (χ4n) is 7.86. The molecule has 7 heteroatoms. The molecule has 0 unspecified atom stereocenters. The van der Waals surface area contributed by atoms with Gasteiger partial charge < -0.3 is 25.6 Å². The molecule has 194 valence electrons. The molecule has 0 spiro atoms. The van der Waals surface area contributed by atoms with Gasteiger partial charge in [-0.1, -0.05) is 24.5 Å². The first kappa shape index (κ1) is 24.5. The van der Waals surface area contributed by atoms with Crippen LogP contribution in [0.5, 0.6) is 11.5 Å². The second-order valence-corrected chi connectivity index (χ2v) is 11.7. The number of nitrogens with two attached hydrogens (primary N) is 1. The van der Waals surface area contributed by atoms with Gasteiger partial charge in [0.05, 0.1) is 0 Å². The molecule has 1 aliphatic heterocycles. The van der Waals surface area contributed by atoms with Crippen LogP contribution >= 0.6 is 12.2 Å². The minimum atomic E-state index is -0.948. The van der Waals surface area contributed by atoms with Crippen molar-refractivity contribution < 1.29 is 14.6 Å². The van der Waals surface area contributed by atoms with Gasteiger partial charge in [-0.2, -0.15) is 0 Å². The summed E-state index contributed by atoms with van der Waals surface area (Å²) in [7, 11) is 0. The van der Waals surface area contributed by atoms with E-state index >= 15 is 0 Å². The molecule has 4 aliphatic carbocycles. The largest absolute Gasteiger partial charge is 0.454 e. The summed E-state index contributed by atoms with van der Waals surface area (Å²) >= 11 is 4.92. The molecule has 37 heavy (non-hydrogen) atoms. The lowest BCUT2D eigenvalue weighted by Gasteiger charge is -2.53. The Hall–Kier alpha value is -2.82. The summed E-state index contributed by atoms with van der Waals surface area (Å²) in [6, 6.07) is 6.40. The molecule has 1 heterocycles. The average molecular weight is 518 g/mol. The van der Waals surface area contributed by atoms with Gasteiger partial charge in [-0.05, 0) is 111 Å². The fourth-order valence-corrected chi connectivity index (χ4v) is 7.93. The van der Waals surface area contributed by atoms with E-state index in [4.69, 9.17) is 32.4 Å². The van der Waals surface area contributed by atoms with E-state index in [2.05, 4.69) is 42.3 Å². The standard InChI is InChI=1S/C30H35N3O3S/c1-3-11-30(34)12-10-24-22-7-4-18-13-20(32-16-33-28(31)37)6-8-21(18)27(22)23(15-29(24,30)2)19-5-9-25-26(14-19)36-17-35-25/h5,9,13-14,22-24,34H,4,6-8,10,12,15-17H2,1-2H3,(H3,31,33,37)/b32-20+/t22-,23+,24-,29-,30-/m0/s1. The number of ether oxygens (including phenoxy) is 2. The van der Waals surface area contributed by atoms with Crippen molar-refractivity contribution in [1.29, 1.82) is 0 Å². The Morgan fingerprint density at radius 1 is 1.24 bits per heavy atom. The zero-order valence-electron chi connectivity index (χ0n) is 21.6. The van der Waals surface area contributed by atoms with E-state index in [1.165, 1.54) is 16.7 Å². The van der Waals surface area contributed by atoms with Crippen molar-refractivity contribution in [3.8, 4) is 23.3 Å². The minimum Gasteiger partial charge on any atom is -0.454 e. The van der Waals surface area contributed by atoms with Crippen LogP contribution in [-0.2, 0) is 0 Å². The van der Waals surface area contributed by atoms with E-state index in [1.54, 1.807) is 5.57 Å². The lowest BCUT2D eigenvalue weighted by atomic mass is 9.51. The number of thiocarbonyl (C=S) groups is 1. The highest BCUT2D eigenvalue weighted by Gasteiger charge is 2.62. The zero-order chi connectivity index (χ0) is 25.8. The van der Waals surface area contributed by atoms with Gasteiger partial charge in [-0.25, -0.2) is 0 Å². The van der Waals surface area contributed by atoms with Crippen LogP contribution < -0.4 is 20.5 Å². The van der Waals surface area contributed by atoms with Gasteiger partial charge in [0, 0.05) is 17.0 Å². The van der Waals surface area contributed by atoms with Crippen LogP contribution in [-0.4, -0.2) is 35.0 Å². The third kappa shape index (κ3) is 3.97. The predicted octanol–water partition coefficient (Wildman–Crippen LogP) is 4.73. The van der Waals surface area contributed by atoms with Gasteiger partial charge in [0.2, 0.25) is 6.79 Å². The van der Waals surface area contributed by atoms with Crippen LogP contribution in [0.1, 0.15) is 70.3 Å². The highest BCUT2D eigenvalue weighted by Crippen LogP contribution is 2.66. The zero-order valence-corrected chi connectivity index (χ0v) is 22.4. The summed E-state index contributed by atoms with van der Waals surface area (Å²) in [5.41, 5.74) is 11.2. The van der Waals surface area contributed by atoms with E-state index in [9.17, 15) is 5.11 Å². The number of aliphatic hydroxyl groups is 1. The molecule has 0 bridgehead atoms. The van der Waals surface area contributed by atoms with Crippen molar-refractivity contribution in [3.05, 3.63) is 46.6 Å². The quantitative estimate of drug-likeness (QED) is 0.397. The number of aliphatic imine (C=N–C) groups is 1. The molecular weight excluding hydrogens is 482 g/mol. The molecule has 1 aromatic rings. The molecular formula is C30H35N3O3S. The number of benzene rings is 1. The molecule has 6 rings (SSSR count). The van der Waals surface area contributed by atoms with Crippen LogP contribution in [0.15, 0.2) is 46.0 Å². The first-order valence-corrected chi connectivity index (χ1v) is 13.8. The molecule has 2 saturated carbocycles. The molecule has 0 saturated heterocycles. The van der Waals surface area contributed by atoms with Gasteiger partial charge in [0.15, 0.2) is 16.6 Å². The average Bonchev–Trinajstić information content (AvgIpc) is 3.45. The number of hydrogen-bond acceptors (Lipinski definition) is 5. The first-order valence-electron chi connectivity index (χ1n) is 13.4. The summed E-state index contributed by atoms with van der Waals surface area (Å²) in [5.74, 6) is 9.01. The van der Waals surface area contributed by atoms with Crippen molar-refractivity contribution in [2.24, 2.45) is 28.0 Å². The van der Waals surface area contributed by atoms with Crippen molar-refractivity contribution in [2.45, 2.75) is 70.3 Å². The molecule has 0 amide bonds. The molecule has 5 atom stereocenters. The number of hydrogen-bond donors (Lipinski definition) is 3. The highest BCUT2D eigenvalue weighted by molar-refractivity contribution is 7.80. The summed E-state index contributed by atoms with van der Waals surface area (Å²) in [6.45, 7) is 4.82.